The van der Waals surface area contributed by atoms with Crippen LogP contribution in [0.2, 0.25) is 0 Å². The van der Waals surface area contributed by atoms with Crippen molar-refractivity contribution in [2.75, 3.05) is 6.54 Å². The Kier molecular flexibility index (Phi) is 3.94. The average Bonchev–Trinajstić information content (AvgIpc) is 2.81. The van der Waals surface area contributed by atoms with Gasteiger partial charge >= 0.3 is 0 Å². The van der Waals surface area contributed by atoms with Crippen LogP contribution in [0.4, 0.5) is 0 Å². The molecule has 0 bridgehead atoms. The summed E-state index contributed by atoms with van der Waals surface area (Å²) in [6, 6.07) is 10.9. The van der Waals surface area contributed by atoms with Gasteiger partial charge in [-0.25, -0.2) is 4.98 Å². The van der Waals surface area contributed by atoms with Gasteiger partial charge in [0.2, 0.25) is 0 Å². The summed E-state index contributed by atoms with van der Waals surface area (Å²) in [6.07, 6.45) is 5.76. The van der Waals surface area contributed by atoms with Gasteiger partial charge in [0.05, 0.1) is 12.4 Å². The SMILES string of the molecule is CCC(c1ccccc1)n1cncc1CCN. The second-order valence-electron chi connectivity index (χ2n) is 4.17. The molecule has 2 rings (SSSR count). The standard InChI is InChI=1S/C14H19N3/c1-2-14(12-6-4-3-5-7-12)17-11-16-10-13(17)8-9-15/h3-7,10-11,14H,2,8-9,15H2,1H3. The van der Waals surface area contributed by atoms with Crippen molar-refractivity contribution >= 4 is 0 Å². The minimum absolute atomic E-state index is 0.361. The predicted molar refractivity (Wildman–Crippen MR) is 69.9 cm³/mol. The van der Waals surface area contributed by atoms with E-state index >= 15 is 0 Å². The topological polar surface area (TPSA) is 43.8 Å². The lowest BCUT2D eigenvalue weighted by atomic mass is 10.0. The smallest absolute Gasteiger partial charge is 0.0953 e. The van der Waals surface area contributed by atoms with Crippen molar-refractivity contribution in [2.45, 2.75) is 25.8 Å². The molecule has 1 aromatic carbocycles. The van der Waals surface area contributed by atoms with E-state index in [0.717, 1.165) is 12.8 Å². The molecule has 1 aromatic heterocycles. The number of hydrogen-bond acceptors (Lipinski definition) is 2. The third-order valence-corrected chi connectivity index (χ3v) is 3.05. The summed E-state index contributed by atoms with van der Waals surface area (Å²) in [5.74, 6) is 0. The van der Waals surface area contributed by atoms with Gasteiger partial charge in [0.25, 0.3) is 0 Å². The average molecular weight is 229 g/mol. The van der Waals surface area contributed by atoms with Crippen molar-refractivity contribution in [2.24, 2.45) is 5.73 Å². The summed E-state index contributed by atoms with van der Waals surface area (Å²) in [5.41, 5.74) is 8.16. The van der Waals surface area contributed by atoms with E-state index in [4.69, 9.17) is 5.73 Å². The van der Waals surface area contributed by atoms with Crippen molar-refractivity contribution in [3.05, 3.63) is 54.1 Å². The maximum absolute atomic E-state index is 5.63. The van der Waals surface area contributed by atoms with Crippen LogP contribution in [0.3, 0.4) is 0 Å². The van der Waals surface area contributed by atoms with E-state index in [0.29, 0.717) is 12.6 Å². The van der Waals surface area contributed by atoms with Gasteiger partial charge in [0.15, 0.2) is 0 Å². The Balaban J connectivity index is 2.32. The minimum Gasteiger partial charge on any atom is -0.330 e. The molecular formula is C14H19N3. The van der Waals surface area contributed by atoms with E-state index < -0.39 is 0 Å². The highest BCUT2D eigenvalue weighted by atomic mass is 15.1. The van der Waals surface area contributed by atoms with E-state index in [1.807, 2.05) is 18.6 Å². The molecule has 0 saturated carbocycles. The summed E-state index contributed by atoms with van der Waals surface area (Å²) < 4.78 is 2.24. The maximum atomic E-state index is 5.63. The molecule has 1 unspecified atom stereocenters. The van der Waals surface area contributed by atoms with Crippen molar-refractivity contribution in [1.82, 2.24) is 9.55 Å². The number of hydrogen-bond donors (Lipinski definition) is 1. The van der Waals surface area contributed by atoms with Crippen LogP contribution in [0.5, 0.6) is 0 Å². The molecule has 0 fully saturated rings. The van der Waals surface area contributed by atoms with E-state index in [9.17, 15) is 0 Å². The maximum Gasteiger partial charge on any atom is 0.0953 e. The predicted octanol–water partition coefficient (Wildman–Crippen LogP) is 2.38. The van der Waals surface area contributed by atoms with Crippen molar-refractivity contribution < 1.29 is 0 Å². The van der Waals surface area contributed by atoms with E-state index in [1.165, 1.54) is 11.3 Å². The molecule has 1 heterocycles. The highest BCUT2D eigenvalue weighted by Crippen LogP contribution is 2.23. The van der Waals surface area contributed by atoms with Crippen LogP contribution in [0, 0.1) is 0 Å². The molecule has 0 radical (unpaired) electrons. The second-order valence-corrected chi connectivity index (χ2v) is 4.17. The normalized spacial score (nSPS) is 12.6. The van der Waals surface area contributed by atoms with Gasteiger partial charge in [0, 0.05) is 18.3 Å². The molecule has 3 nitrogen and oxygen atoms in total. The minimum atomic E-state index is 0.361. The van der Waals surface area contributed by atoms with Crippen molar-refractivity contribution in [3.8, 4) is 0 Å². The fourth-order valence-corrected chi connectivity index (χ4v) is 2.22. The number of rotatable bonds is 5. The van der Waals surface area contributed by atoms with Crippen LogP contribution in [0.15, 0.2) is 42.9 Å². The second kappa shape index (κ2) is 5.64. The number of benzene rings is 1. The Morgan fingerprint density at radius 1 is 1.29 bits per heavy atom. The molecule has 0 amide bonds. The highest BCUT2D eigenvalue weighted by Gasteiger charge is 2.13. The van der Waals surface area contributed by atoms with Gasteiger partial charge in [0.1, 0.15) is 0 Å². The van der Waals surface area contributed by atoms with Crippen LogP contribution in [-0.2, 0) is 6.42 Å². The molecule has 0 aliphatic rings. The Morgan fingerprint density at radius 2 is 2.06 bits per heavy atom. The Morgan fingerprint density at radius 3 is 2.71 bits per heavy atom. The van der Waals surface area contributed by atoms with E-state index in [1.54, 1.807) is 0 Å². The first kappa shape index (κ1) is 11.9. The van der Waals surface area contributed by atoms with Crippen LogP contribution < -0.4 is 5.73 Å². The van der Waals surface area contributed by atoms with Gasteiger partial charge < -0.3 is 10.3 Å². The lowest BCUT2D eigenvalue weighted by molar-refractivity contribution is 0.545. The van der Waals surface area contributed by atoms with Crippen molar-refractivity contribution in [3.63, 3.8) is 0 Å². The fourth-order valence-electron chi connectivity index (χ4n) is 2.22. The fraction of sp³-hybridized carbons (Fsp3) is 0.357. The number of nitrogens with two attached hydrogens (primary N) is 1. The van der Waals surface area contributed by atoms with Crippen molar-refractivity contribution in [1.29, 1.82) is 0 Å². The molecular weight excluding hydrogens is 210 g/mol. The number of imidazole rings is 1. The summed E-state index contributed by atoms with van der Waals surface area (Å²) in [5, 5.41) is 0. The first-order valence-corrected chi connectivity index (χ1v) is 6.12. The van der Waals surface area contributed by atoms with Crippen LogP contribution in [0.25, 0.3) is 0 Å². The zero-order valence-corrected chi connectivity index (χ0v) is 10.2. The summed E-state index contributed by atoms with van der Waals surface area (Å²) in [6.45, 7) is 2.86. The summed E-state index contributed by atoms with van der Waals surface area (Å²) in [7, 11) is 0. The third-order valence-electron chi connectivity index (χ3n) is 3.05. The number of aromatic nitrogens is 2. The molecule has 2 aromatic rings. The van der Waals surface area contributed by atoms with Gasteiger partial charge in [-0.1, -0.05) is 37.3 Å². The number of nitrogens with zero attached hydrogens (tertiary/aromatic N) is 2. The monoisotopic (exact) mass is 229 g/mol. The Hall–Kier alpha value is -1.61. The molecule has 1 atom stereocenters. The Labute approximate surface area is 102 Å². The molecule has 0 aliphatic heterocycles. The molecule has 0 spiro atoms. The molecule has 3 heteroatoms. The molecule has 17 heavy (non-hydrogen) atoms. The third kappa shape index (κ3) is 2.56. The summed E-state index contributed by atoms with van der Waals surface area (Å²) in [4.78, 5) is 4.24. The zero-order valence-electron chi connectivity index (χ0n) is 10.2. The summed E-state index contributed by atoms with van der Waals surface area (Å²) >= 11 is 0. The van der Waals surface area contributed by atoms with Crippen LogP contribution in [0.1, 0.15) is 30.6 Å². The van der Waals surface area contributed by atoms with Gasteiger partial charge in [-0.05, 0) is 18.5 Å². The molecule has 0 saturated heterocycles. The molecule has 2 N–H and O–H groups in total. The van der Waals surface area contributed by atoms with Gasteiger partial charge in [-0.2, -0.15) is 0 Å². The first-order valence-electron chi connectivity index (χ1n) is 6.12. The lowest BCUT2D eigenvalue weighted by Gasteiger charge is -2.19. The van der Waals surface area contributed by atoms with Gasteiger partial charge in [-0.3, -0.25) is 0 Å². The Bertz CT molecular complexity index is 448. The largest absolute Gasteiger partial charge is 0.330 e. The quantitative estimate of drug-likeness (QED) is 0.855. The molecule has 0 aliphatic carbocycles. The lowest BCUT2D eigenvalue weighted by Crippen LogP contribution is -2.14. The van der Waals surface area contributed by atoms with Crippen LogP contribution >= 0.6 is 0 Å². The van der Waals surface area contributed by atoms with Crippen LogP contribution in [-0.4, -0.2) is 16.1 Å². The van der Waals surface area contributed by atoms with E-state index in [2.05, 4.69) is 40.7 Å². The zero-order chi connectivity index (χ0) is 12.1. The molecule has 90 valence electrons. The highest BCUT2D eigenvalue weighted by molar-refractivity contribution is 5.21. The van der Waals surface area contributed by atoms with Gasteiger partial charge in [-0.15, -0.1) is 0 Å². The first-order chi connectivity index (χ1) is 8.36. The van der Waals surface area contributed by atoms with E-state index in [-0.39, 0.29) is 0 Å².